The lowest BCUT2D eigenvalue weighted by Gasteiger charge is -2.15. The molecule has 0 fully saturated rings. The molecule has 6 nitrogen and oxygen atoms in total. The van der Waals surface area contributed by atoms with Gasteiger partial charge in [-0.2, -0.15) is 0 Å². The minimum absolute atomic E-state index is 0. The number of ether oxygens (including phenoxy) is 1. The second-order valence-corrected chi connectivity index (χ2v) is 7.84. The van der Waals surface area contributed by atoms with Crippen molar-refractivity contribution < 1.29 is 9.84 Å². The van der Waals surface area contributed by atoms with E-state index in [1.807, 2.05) is 51.2 Å². The second kappa shape index (κ2) is 12.9. The van der Waals surface area contributed by atoms with Crippen LogP contribution < -0.4 is 15.4 Å². The third kappa shape index (κ3) is 8.74. The largest absolute Gasteiger partial charge is 0.491 e. The molecular formula is C20H31IN4O2S. The fourth-order valence-corrected chi connectivity index (χ4v) is 3.28. The van der Waals surface area contributed by atoms with Gasteiger partial charge in [-0.1, -0.05) is 12.1 Å². The maximum Gasteiger partial charge on any atom is 0.191 e. The Bertz CT molecular complexity index is 737. The lowest BCUT2D eigenvalue weighted by atomic mass is 10.1. The van der Waals surface area contributed by atoms with Gasteiger partial charge in [0, 0.05) is 30.6 Å². The molecule has 156 valence electrons. The molecule has 2 rings (SSSR count). The number of aromatic nitrogens is 1. The number of nitrogens with zero attached hydrogens (tertiary/aromatic N) is 2. The van der Waals surface area contributed by atoms with Crippen molar-refractivity contribution in [2.24, 2.45) is 4.99 Å². The number of guanidine groups is 1. The first kappa shape index (κ1) is 24.6. The summed E-state index contributed by atoms with van der Waals surface area (Å²) >= 11 is 1.71. The average Bonchev–Trinajstić information content (AvgIpc) is 3.04. The number of rotatable bonds is 9. The standard InChI is InChI=1S/C20H30N4O2S.HI/c1-5-21-20(22-10-9-19-23-12-15(4)27-19)24-13-18(25)16-7-6-8-17(11-16)26-14(2)3;/h6-8,11-12,14,18,25H,5,9-10,13H2,1-4H3,(H2,21,22,24);1H. The first-order valence-electron chi connectivity index (χ1n) is 9.36. The Labute approximate surface area is 188 Å². The number of hydrogen-bond donors (Lipinski definition) is 3. The summed E-state index contributed by atoms with van der Waals surface area (Å²) in [6, 6.07) is 7.54. The number of halogens is 1. The van der Waals surface area contributed by atoms with Gasteiger partial charge >= 0.3 is 0 Å². The molecule has 1 aromatic carbocycles. The SMILES string of the molecule is CCNC(=NCC(O)c1cccc(OC(C)C)c1)NCCc1ncc(C)s1.I. The predicted octanol–water partition coefficient (Wildman–Crippen LogP) is 3.69. The summed E-state index contributed by atoms with van der Waals surface area (Å²) in [5.41, 5.74) is 0.797. The maximum absolute atomic E-state index is 10.5. The van der Waals surface area contributed by atoms with Gasteiger partial charge in [0.1, 0.15) is 5.75 Å². The van der Waals surface area contributed by atoms with E-state index in [0.717, 1.165) is 35.8 Å². The molecular weight excluding hydrogens is 487 g/mol. The molecule has 0 bridgehead atoms. The fraction of sp³-hybridized carbons (Fsp3) is 0.500. The zero-order chi connectivity index (χ0) is 19.6. The van der Waals surface area contributed by atoms with Crippen molar-refractivity contribution in [2.45, 2.75) is 46.3 Å². The van der Waals surface area contributed by atoms with E-state index in [2.05, 4.69) is 27.5 Å². The van der Waals surface area contributed by atoms with Crippen molar-refractivity contribution in [3.63, 3.8) is 0 Å². The van der Waals surface area contributed by atoms with Crippen LogP contribution >= 0.6 is 35.3 Å². The second-order valence-electron chi connectivity index (χ2n) is 6.52. The van der Waals surface area contributed by atoms with Crippen LogP contribution in [0, 0.1) is 6.92 Å². The van der Waals surface area contributed by atoms with Crippen molar-refractivity contribution in [3.05, 3.63) is 45.9 Å². The highest BCUT2D eigenvalue weighted by atomic mass is 127. The number of aryl methyl sites for hydroxylation is 1. The highest BCUT2D eigenvalue weighted by Crippen LogP contribution is 2.20. The molecule has 1 heterocycles. The van der Waals surface area contributed by atoms with Gasteiger partial charge in [0.15, 0.2) is 5.96 Å². The van der Waals surface area contributed by atoms with Crippen molar-refractivity contribution in [3.8, 4) is 5.75 Å². The number of aliphatic hydroxyl groups excluding tert-OH is 1. The quantitative estimate of drug-likeness (QED) is 0.268. The molecule has 0 saturated carbocycles. The van der Waals surface area contributed by atoms with Crippen LogP contribution in [-0.2, 0) is 6.42 Å². The molecule has 0 spiro atoms. The minimum Gasteiger partial charge on any atom is -0.491 e. The van der Waals surface area contributed by atoms with Crippen LogP contribution in [0.25, 0.3) is 0 Å². The van der Waals surface area contributed by atoms with Crippen molar-refractivity contribution in [1.82, 2.24) is 15.6 Å². The van der Waals surface area contributed by atoms with Crippen molar-refractivity contribution >= 4 is 41.3 Å². The van der Waals surface area contributed by atoms with E-state index in [1.54, 1.807) is 11.3 Å². The topological polar surface area (TPSA) is 78.8 Å². The Morgan fingerprint density at radius 1 is 1.32 bits per heavy atom. The van der Waals surface area contributed by atoms with Gasteiger partial charge in [-0.15, -0.1) is 35.3 Å². The Kier molecular flexibility index (Phi) is 11.4. The maximum atomic E-state index is 10.5. The number of nitrogens with one attached hydrogen (secondary N) is 2. The van der Waals surface area contributed by atoms with Gasteiger partial charge in [-0.25, -0.2) is 4.98 Å². The van der Waals surface area contributed by atoms with E-state index in [4.69, 9.17) is 4.74 Å². The summed E-state index contributed by atoms with van der Waals surface area (Å²) in [7, 11) is 0. The zero-order valence-electron chi connectivity index (χ0n) is 16.9. The molecule has 1 unspecified atom stereocenters. The van der Waals surface area contributed by atoms with E-state index < -0.39 is 6.10 Å². The van der Waals surface area contributed by atoms with Crippen LogP contribution in [0.15, 0.2) is 35.5 Å². The third-order valence-electron chi connectivity index (χ3n) is 3.68. The summed E-state index contributed by atoms with van der Waals surface area (Å²) < 4.78 is 5.69. The number of hydrogen-bond acceptors (Lipinski definition) is 5. The van der Waals surface area contributed by atoms with E-state index in [0.29, 0.717) is 5.96 Å². The van der Waals surface area contributed by atoms with E-state index in [1.165, 1.54) is 4.88 Å². The average molecular weight is 518 g/mol. The molecule has 1 aromatic heterocycles. The van der Waals surface area contributed by atoms with Crippen molar-refractivity contribution in [2.75, 3.05) is 19.6 Å². The summed E-state index contributed by atoms with van der Waals surface area (Å²) in [5, 5.41) is 18.1. The summed E-state index contributed by atoms with van der Waals surface area (Å²) in [5.74, 6) is 1.45. The van der Waals surface area contributed by atoms with Gasteiger partial charge < -0.3 is 20.5 Å². The van der Waals surface area contributed by atoms with Crippen LogP contribution in [0.2, 0.25) is 0 Å². The van der Waals surface area contributed by atoms with Gasteiger partial charge in [0.25, 0.3) is 0 Å². The van der Waals surface area contributed by atoms with Gasteiger partial charge in [0.2, 0.25) is 0 Å². The van der Waals surface area contributed by atoms with Crippen LogP contribution in [-0.4, -0.2) is 41.8 Å². The van der Waals surface area contributed by atoms with Crippen LogP contribution in [0.3, 0.4) is 0 Å². The Morgan fingerprint density at radius 2 is 2.11 bits per heavy atom. The van der Waals surface area contributed by atoms with Crippen molar-refractivity contribution in [1.29, 1.82) is 0 Å². The molecule has 1 atom stereocenters. The molecule has 0 aliphatic heterocycles. The van der Waals surface area contributed by atoms with E-state index >= 15 is 0 Å². The Balaban J connectivity index is 0.00000392. The Hall–Kier alpha value is -1.39. The van der Waals surface area contributed by atoms with E-state index in [9.17, 15) is 5.11 Å². The fourth-order valence-electron chi connectivity index (χ4n) is 2.50. The third-order valence-corrected chi connectivity index (χ3v) is 4.65. The van der Waals surface area contributed by atoms with Crippen LogP contribution in [0.1, 0.15) is 42.3 Å². The normalized spacial score (nSPS) is 12.4. The smallest absolute Gasteiger partial charge is 0.191 e. The van der Waals surface area contributed by atoms with Gasteiger partial charge in [0.05, 0.1) is 23.8 Å². The highest BCUT2D eigenvalue weighted by molar-refractivity contribution is 14.0. The number of aliphatic imine (C=N–C) groups is 1. The molecule has 3 N–H and O–H groups in total. The number of aliphatic hydroxyl groups is 1. The summed E-state index contributed by atoms with van der Waals surface area (Å²) in [4.78, 5) is 10.1. The monoisotopic (exact) mass is 518 g/mol. The lowest BCUT2D eigenvalue weighted by molar-refractivity contribution is 0.185. The molecule has 0 saturated heterocycles. The predicted molar refractivity (Wildman–Crippen MR) is 127 cm³/mol. The lowest BCUT2D eigenvalue weighted by Crippen LogP contribution is -2.38. The van der Waals surface area contributed by atoms with Gasteiger partial charge in [-0.05, 0) is 45.4 Å². The molecule has 0 aliphatic carbocycles. The molecule has 0 aliphatic rings. The molecule has 0 radical (unpaired) electrons. The molecule has 2 aromatic rings. The first-order valence-corrected chi connectivity index (χ1v) is 10.2. The van der Waals surface area contributed by atoms with Gasteiger partial charge in [-0.3, -0.25) is 4.99 Å². The minimum atomic E-state index is -0.683. The van der Waals surface area contributed by atoms with E-state index in [-0.39, 0.29) is 36.6 Å². The number of benzene rings is 1. The highest BCUT2D eigenvalue weighted by Gasteiger charge is 2.09. The molecule has 8 heteroatoms. The summed E-state index contributed by atoms with van der Waals surface area (Å²) in [6.07, 6.45) is 2.16. The zero-order valence-corrected chi connectivity index (χ0v) is 20.1. The first-order chi connectivity index (χ1) is 13.0. The summed E-state index contributed by atoms with van der Waals surface area (Å²) in [6.45, 7) is 9.82. The number of thiazole rings is 1. The molecule has 28 heavy (non-hydrogen) atoms. The molecule has 0 amide bonds. The Morgan fingerprint density at radius 3 is 2.75 bits per heavy atom. The van der Waals surface area contributed by atoms with Crippen LogP contribution in [0.5, 0.6) is 5.75 Å². The van der Waals surface area contributed by atoms with Crippen LogP contribution in [0.4, 0.5) is 0 Å².